The van der Waals surface area contributed by atoms with E-state index < -0.39 is 0 Å². The molecule has 28 heavy (non-hydrogen) atoms. The van der Waals surface area contributed by atoms with Gasteiger partial charge in [0.25, 0.3) is 5.91 Å². The number of halogens is 1. The molecule has 0 spiro atoms. The molecule has 0 bridgehead atoms. The quantitative estimate of drug-likeness (QED) is 0.724. The maximum atomic E-state index is 12.4. The summed E-state index contributed by atoms with van der Waals surface area (Å²) in [6, 6.07) is 13.2. The van der Waals surface area contributed by atoms with E-state index in [0.717, 1.165) is 36.1 Å². The van der Waals surface area contributed by atoms with Crippen LogP contribution < -0.4 is 5.32 Å². The number of hydrogen-bond donors (Lipinski definition) is 1. The van der Waals surface area contributed by atoms with Crippen molar-refractivity contribution in [3.63, 3.8) is 0 Å². The molecule has 1 aliphatic carbocycles. The van der Waals surface area contributed by atoms with E-state index in [1.807, 2.05) is 56.3 Å². The first-order valence-electron chi connectivity index (χ1n) is 9.64. The van der Waals surface area contributed by atoms with E-state index in [4.69, 9.17) is 11.6 Å². The zero-order valence-corrected chi connectivity index (χ0v) is 17.5. The zero-order chi connectivity index (χ0) is 20.3. The lowest BCUT2D eigenvalue weighted by atomic mass is 9.94. The van der Waals surface area contributed by atoms with Gasteiger partial charge >= 0.3 is 0 Å². The highest BCUT2D eigenvalue weighted by Crippen LogP contribution is 2.46. The Kier molecular flexibility index (Phi) is 6.21. The van der Waals surface area contributed by atoms with E-state index in [9.17, 15) is 9.59 Å². The van der Waals surface area contributed by atoms with Crippen molar-refractivity contribution in [3.8, 4) is 11.1 Å². The second-order valence-corrected chi connectivity index (χ2v) is 8.52. The van der Waals surface area contributed by atoms with Crippen molar-refractivity contribution in [3.05, 3.63) is 58.6 Å². The van der Waals surface area contributed by atoms with Crippen LogP contribution in [0.4, 0.5) is 0 Å². The van der Waals surface area contributed by atoms with E-state index in [2.05, 4.69) is 5.32 Å². The molecule has 1 amide bonds. The van der Waals surface area contributed by atoms with Gasteiger partial charge in [0.1, 0.15) is 5.78 Å². The van der Waals surface area contributed by atoms with Crippen LogP contribution in [0.1, 0.15) is 35.7 Å². The summed E-state index contributed by atoms with van der Waals surface area (Å²) in [6.45, 7) is 3.44. The van der Waals surface area contributed by atoms with Crippen LogP contribution in [0.15, 0.2) is 42.5 Å². The number of carbonyl (C=O) groups excluding carboxylic acids is 2. The normalized spacial score (nSPS) is 14.8. The Morgan fingerprint density at radius 2 is 1.79 bits per heavy atom. The van der Waals surface area contributed by atoms with Gasteiger partial charge in [-0.15, -0.1) is 0 Å². The second kappa shape index (κ2) is 8.46. The average molecular weight is 399 g/mol. The summed E-state index contributed by atoms with van der Waals surface area (Å²) in [5.41, 5.74) is 3.28. The summed E-state index contributed by atoms with van der Waals surface area (Å²) in [4.78, 5) is 26.6. The van der Waals surface area contributed by atoms with Gasteiger partial charge in [0.05, 0.1) is 0 Å². The molecule has 1 N–H and O–H groups in total. The SMILES string of the molecule is CN(C)CCNC(=O)c1ccc(-c2cc(CC(=O)C3(C)CC3)ccc2Cl)cc1. The molecule has 0 aromatic heterocycles. The predicted molar refractivity (Wildman–Crippen MR) is 114 cm³/mol. The van der Waals surface area contributed by atoms with Crippen LogP contribution in [0.2, 0.25) is 5.02 Å². The lowest BCUT2D eigenvalue weighted by Crippen LogP contribution is -2.31. The molecule has 0 aliphatic heterocycles. The van der Waals surface area contributed by atoms with E-state index in [1.54, 1.807) is 12.1 Å². The van der Waals surface area contributed by atoms with Crippen LogP contribution in [0.5, 0.6) is 0 Å². The number of nitrogens with zero attached hydrogens (tertiary/aromatic N) is 1. The molecule has 1 fully saturated rings. The Morgan fingerprint density at radius 3 is 2.39 bits per heavy atom. The van der Waals surface area contributed by atoms with E-state index in [0.29, 0.717) is 29.3 Å². The standard InChI is InChI=1S/C23H27ClN2O2/c1-23(10-11-23)21(27)15-16-4-9-20(24)19(14-16)17-5-7-18(8-6-17)22(28)25-12-13-26(2)3/h4-9,14H,10-13,15H2,1-3H3,(H,25,28). The molecule has 2 aromatic rings. The smallest absolute Gasteiger partial charge is 0.251 e. The van der Waals surface area contributed by atoms with Gasteiger partial charge < -0.3 is 10.2 Å². The molecule has 0 radical (unpaired) electrons. The first kappa shape index (κ1) is 20.6. The molecule has 5 heteroatoms. The highest BCUT2D eigenvalue weighted by molar-refractivity contribution is 6.33. The summed E-state index contributed by atoms with van der Waals surface area (Å²) in [7, 11) is 3.94. The number of carbonyl (C=O) groups is 2. The third-order valence-corrected chi connectivity index (χ3v) is 5.70. The number of ketones is 1. The third-order valence-electron chi connectivity index (χ3n) is 5.37. The van der Waals surface area contributed by atoms with Crippen molar-refractivity contribution >= 4 is 23.3 Å². The fourth-order valence-corrected chi connectivity index (χ4v) is 3.29. The van der Waals surface area contributed by atoms with Crippen molar-refractivity contribution in [2.45, 2.75) is 26.2 Å². The maximum Gasteiger partial charge on any atom is 0.251 e. The highest BCUT2D eigenvalue weighted by Gasteiger charge is 2.43. The van der Waals surface area contributed by atoms with Crippen molar-refractivity contribution in [2.75, 3.05) is 27.2 Å². The number of amides is 1. The summed E-state index contributed by atoms with van der Waals surface area (Å²) in [6.07, 6.45) is 2.42. The minimum Gasteiger partial charge on any atom is -0.351 e. The summed E-state index contributed by atoms with van der Waals surface area (Å²) in [5, 5.41) is 3.54. The van der Waals surface area contributed by atoms with Crippen LogP contribution in [0.3, 0.4) is 0 Å². The zero-order valence-electron chi connectivity index (χ0n) is 16.7. The largest absolute Gasteiger partial charge is 0.351 e. The first-order chi connectivity index (χ1) is 13.3. The predicted octanol–water partition coefficient (Wildman–Crippen LogP) is 4.21. The third kappa shape index (κ3) is 5.00. The summed E-state index contributed by atoms with van der Waals surface area (Å²) < 4.78 is 0. The molecule has 0 unspecified atom stereocenters. The molecule has 1 aliphatic rings. The molecule has 3 rings (SSSR count). The van der Waals surface area contributed by atoms with Crippen LogP contribution in [-0.2, 0) is 11.2 Å². The van der Waals surface area contributed by atoms with Crippen LogP contribution in [0, 0.1) is 5.41 Å². The molecular formula is C23H27ClN2O2. The van der Waals surface area contributed by atoms with Gasteiger partial charge in [-0.1, -0.05) is 36.7 Å². The van der Waals surface area contributed by atoms with E-state index >= 15 is 0 Å². The molecule has 4 nitrogen and oxygen atoms in total. The van der Waals surface area contributed by atoms with Crippen molar-refractivity contribution in [2.24, 2.45) is 5.41 Å². The van der Waals surface area contributed by atoms with Crippen LogP contribution >= 0.6 is 11.6 Å². The van der Waals surface area contributed by atoms with Crippen LogP contribution in [-0.4, -0.2) is 43.8 Å². The molecule has 0 saturated heterocycles. The molecule has 148 valence electrons. The van der Waals surface area contributed by atoms with Crippen molar-refractivity contribution in [1.29, 1.82) is 0 Å². The molecule has 2 aromatic carbocycles. The number of nitrogens with one attached hydrogen (secondary N) is 1. The van der Waals surface area contributed by atoms with Crippen molar-refractivity contribution in [1.82, 2.24) is 10.2 Å². The number of rotatable bonds is 8. The van der Waals surface area contributed by atoms with Crippen molar-refractivity contribution < 1.29 is 9.59 Å². The van der Waals surface area contributed by atoms with E-state index in [-0.39, 0.29) is 11.3 Å². The van der Waals surface area contributed by atoms with Gasteiger partial charge in [-0.05, 0) is 62.3 Å². The number of Topliss-reactive ketones (excluding diaryl/α,β-unsaturated/α-hetero) is 1. The second-order valence-electron chi connectivity index (χ2n) is 8.11. The van der Waals surface area contributed by atoms with Gasteiger partial charge in [0.15, 0.2) is 0 Å². The lowest BCUT2D eigenvalue weighted by molar-refractivity contribution is -0.122. The Morgan fingerprint density at radius 1 is 1.11 bits per heavy atom. The Labute approximate surface area is 171 Å². The topological polar surface area (TPSA) is 49.4 Å². The Hall–Kier alpha value is -2.17. The molecule has 0 atom stereocenters. The van der Waals surface area contributed by atoms with Gasteiger partial charge in [0.2, 0.25) is 0 Å². The molecule has 0 heterocycles. The average Bonchev–Trinajstić information content (AvgIpc) is 3.42. The molecular weight excluding hydrogens is 372 g/mol. The fourth-order valence-electron chi connectivity index (χ4n) is 3.06. The number of likely N-dealkylation sites (N-methyl/N-ethyl adjacent to an activating group) is 1. The number of hydrogen-bond acceptors (Lipinski definition) is 3. The lowest BCUT2D eigenvalue weighted by Gasteiger charge is -2.12. The summed E-state index contributed by atoms with van der Waals surface area (Å²) >= 11 is 6.40. The Bertz CT molecular complexity index is 871. The fraction of sp³-hybridized carbons (Fsp3) is 0.391. The minimum absolute atomic E-state index is 0.0866. The Balaban J connectivity index is 1.71. The molecule has 1 saturated carbocycles. The van der Waals surface area contributed by atoms with Gasteiger partial charge in [0, 0.05) is 41.1 Å². The number of benzene rings is 2. The maximum absolute atomic E-state index is 12.4. The van der Waals surface area contributed by atoms with Gasteiger partial charge in [-0.2, -0.15) is 0 Å². The van der Waals surface area contributed by atoms with Crippen LogP contribution in [0.25, 0.3) is 11.1 Å². The monoisotopic (exact) mass is 398 g/mol. The minimum atomic E-state index is -0.124. The summed E-state index contributed by atoms with van der Waals surface area (Å²) in [5.74, 6) is 0.210. The van der Waals surface area contributed by atoms with Gasteiger partial charge in [-0.3, -0.25) is 9.59 Å². The highest BCUT2D eigenvalue weighted by atomic mass is 35.5. The van der Waals surface area contributed by atoms with Gasteiger partial charge in [-0.25, -0.2) is 0 Å². The first-order valence-corrected chi connectivity index (χ1v) is 10.0. The van der Waals surface area contributed by atoms with E-state index in [1.165, 1.54) is 0 Å².